The normalized spacial score (nSPS) is 15.2. The van der Waals surface area contributed by atoms with Gasteiger partial charge >= 0.3 is 0 Å². The van der Waals surface area contributed by atoms with Crippen LogP contribution >= 0.6 is 11.3 Å². The van der Waals surface area contributed by atoms with Crippen molar-refractivity contribution in [1.82, 2.24) is 19.7 Å². The number of nitrogens with zero attached hydrogens (tertiary/aromatic N) is 4. The first-order chi connectivity index (χ1) is 13.8. The summed E-state index contributed by atoms with van der Waals surface area (Å²) in [7, 11) is 0. The monoisotopic (exact) mass is 388 g/mol. The zero-order valence-electron chi connectivity index (χ0n) is 15.4. The van der Waals surface area contributed by atoms with E-state index in [4.69, 9.17) is 4.98 Å². The third-order valence-electron chi connectivity index (χ3n) is 5.27. The van der Waals surface area contributed by atoms with E-state index in [0.717, 1.165) is 37.1 Å². The van der Waals surface area contributed by atoms with Gasteiger partial charge < -0.3 is 4.90 Å². The maximum atomic E-state index is 12.9. The lowest BCUT2D eigenvalue weighted by Gasteiger charge is -2.30. The molecule has 0 saturated carbocycles. The Morgan fingerprint density at radius 1 is 0.964 bits per heavy atom. The average molecular weight is 388 g/mol. The number of amides is 1. The molecule has 5 rings (SSSR count). The Morgan fingerprint density at radius 2 is 1.71 bits per heavy atom. The van der Waals surface area contributed by atoms with E-state index < -0.39 is 0 Å². The van der Waals surface area contributed by atoms with Gasteiger partial charge in [-0.2, -0.15) is 5.10 Å². The van der Waals surface area contributed by atoms with E-state index in [0.29, 0.717) is 11.6 Å². The van der Waals surface area contributed by atoms with E-state index in [9.17, 15) is 4.79 Å². The minimum atomic E-state index is 0.0115. The molecule has 0 aliphatic carbocycles. The molecular weight excluding hydrogens is 368 g/mol. The molecule has 140 valence electrons. The van der Waals surface area contributed by atoms with Gasteiger partial charge in [-0.1, -0.05) is 30.3 Å². The summed E-state index contributed by atoms with van der Waals surface area (Å²) < 4.78 is 2.99. The summed E-state index contributed by atoms with van der Waals surface area (Å²) >= 11 is 1.78. The number of fused-ring (bicyclic) bond motifs is 1. The maximum Gasteiger partial charge on any atom is 0.274 e. The highest BCUT2D eigenvalue weighted by Gasteiger charge is 2.27. The predicted octanol–water partition coefficient (Wildman–Crippen LogP) is 4.50. The SMILES string of the molecule is O=C(c1ccn(-c2ccccc2)n1)N1CCC(c2nc3ccccc3s2)CC1. The summed E-state index contributed by atoms with van der Waals surface area (Å²) in [5.41, 5.74) is 2.53. The highest BCUT2D eigenvalue weighted by Crippen LogP contribution is 2.34. The van der Waals surface area contributed by atoms with E-state index >= 15 is 0 Å². The van der Waals surface area contributed by atoms with Crippen molar-refractivity contribution in [1.29, 1.82) is 0 Å². The lowest BCUT2D eigenvalue weighted by atomic mass is 9.97. The summed E-state index contributed by atoms with van der Waals surface area (Å²) in [6, 6.07) is 19.9. The molecule has 2 aromatic carbocycles. The Bertz CT molecular complexity index is 1080. The molecular formula is C22H20N4OS. The summed E-state index contributed by atoms with van der Waals surface area (Å²) in [6.07, 6.45) is 3.74. The van der Waals surface area contributed by atoms with Gasteiger partial charge in [0, 0.05) is 25.2 Å². The lowest BCUT2D eigenvalue weighted by Crippen LogP contribution is -2.38. The fraction of sp³-hybridized carbons (Fsp3) is 0.227. The van der Waals surface area contributed by atoms with Crippen molar-refractivity contribution in [3.05, 3.63) is 77.6 Å². The fourth-order valence-electron chi connectivity index (χ4n) is 3.72. The van der Waals surface area contributed by atoms with Gasteiger partial charge in [-0.25, -0.2) is 9.67 Å². The van der Waals surface area contributed by atoms with Gasteiger partial charge in [-0.15, -0.1) is 11.3 Å². The summed E-state index contributed by atoms with van der Waals surface area (Å²) in [5, 5.41) is 5.67. The molecule has 28 heavy (non-hydrogen) atoms. The van der Waals surface area contributed by atoms with E-state index in [-0.39, 0.29) is 5.91 Å². The van der Waals surface area contributed by atoms with E-state index in [1.54, 1.807) is 22.1 Å². The quantitative estimate of drug-likeness (QED) is 0.519. The number of para-hydroxylation sites is 2. The predicted molar refractivity (Wildman–Crippen MR) is 111 cm³/mol. The van der Waals surface area contributed by atoms with Crippen molar-refractivity contribution in [2.24, 2.45) is 0 Å². The van der Waals surface area contributed by atoms with Gasteiger partial charge in [0.2, 0.25) is 0 Å². The minimum Gasteiger partial charge on any atom is -0.337 e. The second-order valence-corrected chi connectivity index (χ2v) is 8.13. The fourth-order valence-corrected chi connectivity index (χ4v) is 4.86. The van der Waals surface area contributed by atoms with Crippen LogP contribution in [0.15, 0.2) is 66.9 Å². The van der Waals surface area contributed by atoms with Crippen LogP contribution in [0.4, 0.5) is 0 Å². The third-order valence-corrected chi connectivity index (χ3v) is 6.47. The van der Waals surface area contributed by atoms with Crippen molar-refractivity contribution < 1.29 is 4.79 Å². The number of benzene rings is 2. The van der Waals surface area contributed by atoms with Crippen LogP contribution in [0.25, 0.3) is 15.9 Å². The van der Waals surface area contributed by atoms with Crippen LogP contribution in [0.5, 0.6) is 0 Å². The first-order valence-corrected chi connectivity index (χ1v) is 10.4. The molecule has 3 heterocycles. The second kappa shape index (κ2) is 7.20. The van der Waals surface area contributed by atoms with Gasteiger partial charge in [-0.05, 0) is 43.2 Å². The number of likely N-dealkylation sites (tertiary alicyclic amines) is 1. The molecule has 6 heteroatoms. The number of hydrogen-bond donors (Lipinski definition) is 0. The van der Waals surface area contributed by atoms with Crippen molar-refractivity contribution in [3.8, 4) is 5.69 Å². The summed E-state index contributed by atoms with van der Waals surface area (Å²) in [4.78, 5) is 19.6. The molecule has 0 bridgehead atoms. The molecule has 1 fully saturated rings. The van der Waals surface area contributed by atoms with E-state index in [1.807, 2.05) is 47.5 Å². The lowest BCUT2D eigenvalue weighted by molar-refractivity contribution is 0.0706. The molecule has 0 atom stereocenters. The van der Waals surface area contributed by atoms with Crippen LogP contribution in [-0.4, -0.2) is 38.7 Å². The molecule has 5 nitrogen and oxygen atoms in total. The van der Waals surface area contributed by atoms with Crippen molar-refractivity contribution in [2.45, 2.75) is 18.8 Å². The summed E-state index contributed by atoms with van der Waals surface area (Å²) in [5.74, 6) is 0.445. The molecule has 1 amide bonds. The van der Waals surface area contributed by atoms with Gasteiger partial charge in [-0.3, -0.25) is 4.79 Å². The number of piperidine rings is 1. The Kier molecular flexibility index (Phi) is 4.41. The largest absolute Gasteiger partial charge is 0.337 e. The third kappa shape index (κ3) is 3.20. The van der Waals surface area contributed by atoms with E-state index in [1.165, 1.54) is 9.71 Å². The Hall–Kier alpha value is -2.99. The first kappa shape index (κ1) is 17.1. The molecule has 1 aliphatic rings. The highest BCUT2D eigenvalue weighted by molar-refractivity contribution is 7.18. The first-order valence-electron chi connectivity index (χ1n) is 9.54. The molecule has 1 aliphatic heterocycles. The Morgan fingerprint density at radius 3 is 2.50 bits per heavy atom. The van der Waals surface area contributed by atoms with Crippen molar-refractivity contribution >= 4 is 27.5 Å². The molecule has 0 N–H and O–H groups in total. The zero-order chi connectivity index (χ0) is 18.9. The molecule has 4 aromatic rings. The van der Waals surface area contributed by atoms with Gasteiger partial charge in [0.1, 0.15) is 0 Å². The number of thiazole rings is 1. The van der Waals surface area contributed by atoms with Crippen LogP contribution in [0, 0.1) is 0 Å². The highest BCUT2D eigenvalue weighted by atomic mass is 32.1. The number of carbonyl (C=O) groups excluding carboxylic acids is 1. The second-order valence-electron chi connectivity index (χ2n) is 7.07. The topological polar surface area (TPSA) is 51.0 Å². The number of rotatable bonds is 3. The summed E-state index contributed by atoms with van der Waals surface area (Å²) in [6.45, 7) is 1.50. The van der Waals surface area contributed by atoms with Gasteiger partial charge in [0.15, 0.2) is 5.69 Å². The van der Waals surface area contributed by atoms with Gasteiger partial charge in [0.25, 0.3) is 5.91 Å². The van der Waals surface area contributed by atoms with Crippen LogP contribution in [0.1, 0.15) is 34.3 Å². The van der Waals surface area contributed by atoms with Crippen LogP contribution in [-0.2, 0) is 0 Å². The minimum absolute atomic E-state index is 0.0115. The number of hydrogen-bond acceptors (Lipinski definition) is 4. The zero-order valence-corrected chi connectivity index (χ0v) is 16.2. The maximum absolute atomic E-state index is 12.9. The van der Waals surface area contributed by atoms with Crippen LogP contribution < -0.4 is 0 Å². The molecule has 1 saturated heterocycles. The van der Waals surface area contributed by atoms with Crippen molar-refractivity contribution in [2.75, 3.05) is 13.1 Å². The average Bonchev–Trinajstić information content (AvgIpc) is 3.41. The van der Waals surface area contributed by atoms with Crippen LogP contribution in [0.2, 0.25) is 0 Å². The smallest absolute Gasteiger partial charge is 0.274 e. The molecule has 0 unspecified atom stereocenters. The standard InChI is InChI=1S/C22H20N4OS/c27-22(19-12-15-26(24-19)17-6-2-1-3-7-17)25-13-10-16(11-14-25)21-23-18-8-4-5-9-20(18)28-21/h1-9,12,15-16H,10-11,13-14H2. The molecule has 2 aromatic heterocycles. The van der Waals surface area contributed by atoms with Crippen LogP contribution in [0.3, 0.4) is 0 Å². The Labute approximate surface area is 167 Å². The number of carbonyl (C=O) groups is 1. The molecule has 0 radical (unpaired) electrons. The molecule has 0 spiro atoms. The van der Waals surface area contributed by atoms with Crippen molar-refractivity contribution in [3.63, 3.8) is 0 Å². The van der Waals surface area contributed by atoms with Gasteiger partial charge in [0.05, 0.1) is 20.9 Å². The Balaban J connectivity index is 1.26. The number of aromatic nitrogens is 3. The van der Waals surface area contributed by atoms with E-state index in [2.05, 4.69) is 23.3 Å².